The van der Waals surface area contributed by atoms with E-state index in [1.807, 2.05) is 30.5 Å². The molecule has 1 heterocycles. The van der Waals surface area contributed by atoms with E-state index in [-0.39, 0.29) is 24.4 Å². The molecule has 112 valence electrons. The van der Waals surface area contributed by atoms with Gasteiger partial charge in [0.25, 0.3) is 5.91 Å². The summed E-state index contributed by atoms with van der Waals surface area (Å²) < 4.78 is 0. The Bertz CT molecular complexity index is 436. The van der Waals surface area contributed by atoms with Crippen molar-refractivity contribution in [3.63, 3.8) is 0 Å². The summed E-state index contributed by atoms with van der Waals surface area (Å²) in [5.74, 6) is 0.585. The molecule has 0 aromatic heterocycles. The van der Waals surface area contributed by atoms with Crippen LogP contribution in [0.25, 0.3) is 0 Å². The van der Waals surface area contributed by atoms with Crippen molar-refractivity contribution in [2.24, 2.45) is 5.92 Å². The number of thioether (sulfide) groups is 1. The summed E-state index contributed by atoms with van der Waals surface area (Å²) in [4.78, 5) is 13.4. The summed E-state index contributed by atoms with van der Waals surface area (Å²) >= 11 is 1.61. The number of halogens is 1. The standard InChI is InChI=1S/C15H22N2OS.ClH/c1-11(12-6-5-9-16-10-12)17-15(18)13-7-3-4-8-14(13)19-2;/h3-4,7-8,11-12,16H,5-6,9-10H2,1-2H3,(H,17,18);1H. The zero-order valence-corrected chi connectivity index (χ0v) is 13.7. The summed E-state index contributed by atoms with van der Waals surface area (Å²) in [6.45, 7) is 4.22. The van der Waals surface area contributed by atoms with Gasteiger partial charge in [-0.05, 0) is 57.2 Å². The maximum absolute atomic E-state index is 12.3. The molecule has 1 saturated heterocycles. The molecule has 3 nitrogen and oxygen atoms in total. The molecule has 1 aliphatic rings. The molecule has 0 saturated carbocycles. The van der Waals surface area contributed by atoms with Gasteiger partial charge in [-0.25, -0.2) is 0 Å². The molecule has 1 fully saturated rings. The highest BCUT2D eigenvalue weighted by Gasteiger charge is 2.22. The second-order valence-corrected chi connectivity index (χ2v) is 5.92. The minimum Gasteiger partial charge on any atom is -0.349 e. The SMILES string of the molecule is CSc1ccccc1C(=O)NC(C)C1CCCNC1.Cl. The number of benzene rings is 1. The first-order valence-electron chi connectivity index (χ1n) is 6.87. The van der Waals surface area contributed by atoms with E-state index >= 15 is 0 Å². The van der Waals surface area contributed by atoms with Crippen LogP contribution in [0.4, 0.5) is 0 Å². The molecule has 0 bridgehead atoms. The largest absolute Gasteiger partial charge is 0.349 e. The number of rotatable bonds is 4. The molecule has 0 aliphatic carbocycles. The first-order valence-corrected chi connectivity index (χ1v) is 8.09. The second-order valence-electron chi connectivity index (χ2n) is 5.07. The van der Waals surface area contributed by atoms with Crippen LogP contribution in [-0.4, -0.2) is 31.3 Å². The maximum Gasteiger partial charge on any atom is 0.252 e. The van der Waals surface area contributed by atoms with E-state index < -0.39 is 0 Å². The summed E-state index contributed by atoms with van der Waals surface area (Å²) in [6, 6.07) is 7.99. The number of piperidine rings is 1. The third kappa shape index (κ3) is 4.40. The molecule has 1 amide bonds. The Morgan fingerprint density at radius 1 is 1.45 bits per heavy atom. The van der Waals surface area contributed by atoms with Gasteiger partial charge in [0.1, 0.15) is 0 Å². The first-order chi connectivity index (χ1) is 9.22. The van der Waals surface area contributed by atoms with Crippen LogP contribution in [0.1, 0.15) is 30.1 Å². The molecule has 0 radical (unpaired) electrons. The Morgan fingerprint density at radius 2 is 2.20 bits per heavy atom. The van der Waals surface area contributed by atoms with E-state index in [4.69, 9.17) is 0 Å². The van der Waals surface area contributed by atoms with E-state index in [9.17, 15) is 4.79 Å². The van der Waals surface area contributed by atoms with Crippen LogP contribution in [-0.2, 0) is 0 Å². The van der Waals surface area contributed by atoms with Crippen molar-refractivity contribution in [1.82, 2.24) is 10.6 Å². The topological polar surface area (TPSA) is 41.1 Å². The predicted molar refractivity (Wildman–Crippen MR) is 88.0 cm³/mol. The lowest BCUT2D eigenvalue weighted by atomic mass is 9.92. The van der Waals surface area contributed by atoms with E-state index in [1.165, 1.54) is 12.8 Å². The fourth-order valence-corrected chi connectivity index (χ4v) is 3.14. The van der Waals surface area contributed by atoms with Gasteiger partial charge < -0.3 is 10.6 Å². The predicted octanol–water partition coefficient (Wildman–Crippen LogP) is 2.95. The van der Waals surface area contributed by atoms with Crippen LogP contribution in [0.5, 0.6) is 0 Å². The molecule has 2 unspecified atom stereocenters. The summed E-state index contributed by atoms with van der Waals surface area (Å²) in [5, 5.41) is 6.54. The molecule has 0 spiro atoms. The van der Waals surface area contributed by atoms with E-state index in [1.54, 1.807) is 11.8 Å². The lowest BCUT2D eigenvalue weighted by Crippen LogP contribution is -2.44. The number of amides is 1. The van der Waals surface area contributed by atoms with Crippen LogP contribution < -0.4 is 10.6 Å². The smallest absolute Gasteiger partial charge is 0.252 e. The monoisotopic (exact) mass is 314 g/mol. The highest BCUT2D eigenvalue weighted by molar-refractivity contribution is 7.98. The number of hydrogen-bond acceptors (Lipinski definition) is 3. The molecule has 1 aromatic rings. The van der Waals surface area contributed by atoms with Crippen LogP contribution >= 0.6 is 24.2 Å². The molecule has 2 N–H and O–H groups in total. The zero-order chi connectivity index (χ0) is 13.7. The molecule has 2 rings (SSSR count). The molecular weight excluding hydrogens is 292 g/mol. The number of nitrogens with one attached hydrogen (secondary N) is 2. The zero-order valence-electron chi connectivity index (χ0n) is 12.0. The molecule has 1 aliphatic heterocycles. The quantitative estimate of drug-likeness (QED) is 0.840. The van der Waals surface area contributed by atoms with E-state index in [0.717, 1.165) is 23.5 Å². The number of carbonyl (C=O) groups excluding carboxylic acids is 1. The van der Waals surface area contributed by atoms with E-state index in [2.05, 4.69) is 17.6 Å². The third-order valence-electron chi connectivity index (χ3n) is 3.75. The van der Waals surface area contributed by atoms with Crippen molar-refractivity contribution in [1.29, 1.82) is 0 Å². The summed E-state index contributed by atoms with van der Waals surface area (Å²) in [6.07, 6.45) is 4.39. The maximum atomic E-state index is 12.3. The van der Waals surface area contributed by atoms with Crippen LogP contribution in [0.3, 0.4) is 0 Å². The lowest BCUT2D eigenvalue weighted by molar-refractivity contribution is 0.0919. The van der Waals surface area contributed by atoms with Gasteiger partial charge in [0, 0.05) is 10.9 Å². The summed E-state index contributed by atoms with van der Waals surface area (Å²) in [5.41, 5.74) is 0.783. The average molecular weight is 315 g/mol. The molecule has 2 atom stereocenters. The highest BCUT2D eigenvalue weighted by atomic mass is 35.5. The Kier molecular flexibility index (Phi) is 7.41. The molecule has 1 aromatic carbocycles. The van der Waals surface area contributed by atoms with Gasteiger partial charge in [-0.2, -0.15) is 0 Å². The van der Waals surface area contributed by atoms with Crippen molar-refractivity contribution < 1.29 is 4.79 Å². The van der Waals surface area contributed by atoms with Crippen molar-refractivity contribution in [2.45, 2.75) is 30.7 Å². The first kappa shape index (κ1) is 17.3. The van der Waals surface area contributed by atoms with Crippen molar-refractivity contribution in [3.05, 3.63) is 29.8 Å². The number of carbonyl (C=O) groups is 1. The van der Waals surface area contributed by atoms with Gasteiger partial charge in [-0.3, -0.25) is 4.79 Å². The van der Waals surface area contributed by atoms with Gasteiger partial charge >= 0.3 is 0 Å². The Hall–Kier alpha value is -0.710. The lowest BCUT2D eigenvalue weighted by Gasteiger charge is -2.29. The van der Waals surface area contributed by atoms with Gasteiger partial charge in [-0.15, -0.1) is 24.2 Å². The van der Waals surface area contributed by atoms with Gasteiger partial charge in [-0.1, -0.05) is 12.1 Å². The van der Waals surface area contributed by atoms with Crippen molar-refractivity contribution >= 4 is 30.1 Å². The Morgan fingerprint density at radius 3 is 2.85 bits per heavy atom. The normalized spacial score (nSPS) is 19.8. The van der Waals surface area contributed by atoms with Gasteiger partial charge in [0.05, 0.1) is 5.56 Å². The average Bonchev–Trinajstić information content (AvgIpc) is 2.48. The Labute approximate surface area is 131 Å². The fraction of sp³-hybridized carbons (Fsp3) is 0.533. The fourth-order valence-electron chi connectivity index (χ4n) is 2.54. The minimum absolute atomic E-state index is 0. The third-order valence-corrected chi connectivity index (χ3v) is 4.55. The van der Waals surface area contributed by atoms with E-state index in [0.29, 0.717) is 5.92 Å². The van der Waals surface area contributed by atoms with Crippen molar-refractivity contribution in [2.75, 3.05) is 19.3 Å². The molecule has 5 heteroatoms. The van der Waals surface area contributed by atoms with Gasteiger partial charge in [0.15, 0.2) is 0 Å². The summed E-state index contributed by atoms with van der Waals surface area (Å²) in [7, 11) is 0. The van der Waals surface area contributed by atoms with Gasteiger partial charge in [0.2, 0.25) is 0 Å². The minimum atomic E-state index is 0. The molecule has 20 heavy (non-hydrogen) atoms. The second kappa shape index (κ2) is 8.55. The van der Waals surface area contributed by atoms with Crippen LogP contribution in [0.2, 0.25) is 0 Å². The van der Waals surface area contributed by atoms with Crippen LogP contribution in [0, 0.1) is 5.92 Å². The Balaban J connectivity index is 0.00000200. The highest BCUT2D eigenvalue weighted by Crippen LogP contribution is 2.20. The number of hydrogen-bond donors (Lipinski definition) is 2. The van der Waals surface area contributed by atoms with Crippen molar-refractivity contribution in [3.8, 4) is 0 Å². The van der Waals surface area contributed by atoms with Crippen LogP contribution in [0.15, 0.2) is 29.2 Å². The molecular formula is C15H23ClN2OS.